The molecule has 202 valence electrons. The third-order valence-electron chi connectivity index (χ3n) is 5.97. The number of benzene rings is 2. The summed E-state index contributed by atoms with van der Waals surface area (Å²) < 4.78 is 0.896. The summed E-state index contributed by atoms with van der Waals surface area (Å²) >= 11 is 0. The van der Waals surface area contributed by atoms with Crippen LogP contribution in [0.3, 0.4) is 0 Å². The molecule has 0 aliphatic carbocycles. The van der Waals surface area contributed by atoms with Crippen LogP contribution in [-0.2, 0) is 36.8 Å². The van der Waals surface area contributed by atoms with Crippen molar-refractivity contribution < 1.29 is 29.1 Å². The molecule has 1 atom stereocenters. The van der Waals surface area contributed by atoms with Gasteiger partial charge in [-0.3, -0.25) is 24.0 Å². The molecule has 39 heavy (non-hydrogen) atoms. The molecule has 10 nitrogen and oxygen atoms in total. The highest BCUT2D eigenvalue weighted by atomic mass is 16.4. The molecule has 0 radical (unpaired) electrons. The maximum Gasteiger partial charge on any atom is 0.305 e. The van der Waals surface area contributed by atoms with Crippen molar-refractivity contribution in [2.75, 3.05) is 10.3 Å². The van der Waals surface area contributed by atoms with Gasteiger partial charge >= 0.3 is 5.97 Å². The number of Topliss-reactive ketones (excluding diaryl/α,β-unsaturated/α-hetero) is 1. The van der Waals surface area contributed by atoms with Gasteiger partial charge in [-0.25, -0.2) is 9.69 Å². The number of nitrogens with zero attached hydrogens (tertiary/aromatic N) is 2. The Balaban J connectivity index is 1.91. The van der Waals surface area contributed by atoms with Gasteiger partial charge in [-0.1, -0.05) is 60.7 Å². The summed E-state index contributed by atoms with van der Waals surface area (Å²) in [7, 11) is 0. The SMILES string of the molecule is CC(=O)N([C@H](C=O)CC(=O)O)n1c(Cc2ccccc2)ccc(NC(=O)C(=O)CCCc2ccccc2)c1=O. The monoisotopic (exact) mass is 531 g/mol. The fraction of sp³-hybridized carbons (Fsp3) is 0.241. The molecule has 0 saturated carbocycles. The lowest BCUT2D eigenvalue weighted by molar-refractivity contribution is -0.138. The highest BCUT2D eigenvalue weighted by Crippen LogP contribution is 2.14. The van der Waals surface area contributed by atoms with Gasteiger partial charge < -0.3 is 15.2 Å². The van der Waals surface area contributed by atoms with Crippen LogP contribution in [0.4, 0.5) is 5.69 Å². The number of amides is 2. The van der Waals surface area contributed by atoms with Crippen LogP contribution in [0.25, 0.3) is 0 Å². The fourth-order valence-electron chi connectivity index (χ4n) is 4.13. The minimum Gasteiger partial charge on any atom is -0.481 e. The molecule has 2 N–H and O–H groups in total. The molecule has 1 aromatic heterocycles. The maximum atomic E-state index is 13.6. The van der Waals surface area contributed by atoms with Crippen LogP contribution in [-0.4, -0.2) is 45.7 Å². The number of hydrogen-bond donors (Lipinski definition) is 2. The van der Waals surface area contributed by atoms with Crippen molar-refractivity contribution in [3.05, 3.63) is 100.0 Å². The summed E-state index contributed by atoms with van der Waals surface area (Å²) in [4.78, 5) is 74.5. The first kappa shape index (κ1) is 28.7. The number of aryl methyl sites for hydroxylation is 1. The second-order valence-corrected chi connectivity index (χ2v) is 8.90. The van der Waals surface area contributed by atoms with Crippen molar-refractivity contribution >= 4 is 35.5 Å². The smallest absolute Gasteiger partial charge is 0.305 e. The predicted molar refractivity (Wildman–Crippen MR) is 144 cm³/mol. The van der Waals surface area contributed by atoms with Crippen molar-refractivity contribution in [3.8, 4) is 0 Å². The van der Waals surface area contributed by atoms with Gasteiger partial charge in [0.25, 0.3) is 11.5 Å². The third-order valence-corrected chi connectivity index (χ3v) is 5.97. The number of aldehydes is 1. The number of hydrogen-bond acceptors (Lipinski definition) is 6. The first-order valence-electron chi connectivity index (χ1n) is 12.4. The normalized spacial score (nSPS) is 11.3. The van der Waals surface area contributed by atoms with Crippen LogP contribution < -0.4 is 15.9 Å². The summed E-state index contributed by atoms with van der Waals surface area (Å²) in [5.41, 5.74) is 0.894. The van der Waals surface area contributed by atoms with Crippen molar-refractivity contribution in [2.24, 2.45) is 0 Å². The van der Waals surface area contributed by atoms with E-state index in [1.165, 1.54) is 12.1 Å². The summed E-state index contributed by atoms with van der Waals surface area (Å²) in [6.45, 7) is 1.10. The molecule has 0 aliphatic heterocycles. The fourth-order valence-corrected chi connectivity index (χ4v) is 4.13. The highest BCUT2D eigenvalue weighted by molar-refractivity contribution is 6.40. The van der Waals surface area contributed by atoms with E-state index in [0.29, 0.717) is 12.8 Å². The van der Waals surface area contributed by atoms with E-state index in [4.69, 9.17) is 0 Å². The van der Waals surface area contributed by atoms with E-state index >= 15 is 0 Å². The zero-order valence-corrected chi connectivity index (χ0v) is 21.4. The zero-order valence-electron chi connectivity index (χ0n) is 21.4. The van der Waals surface area contributed by atoms with Crippen LogP contribution in [0.15, 0.2) is 77.6 Å². The lowest BCUT2D eigenvalue weighted by Gasteiger charge is -2.30. The van der Waals surface area contributed by atoms with E-state index in [2.05, 4.69) is 5.32 Å². The number of pyridine rings is 1. The molecule has 0 unspecified atom stereocenters. The van der Waals surface area contributed by atoms with Gasteiger partial charge in [-0.05, 0) is 36.1 Å². The molecule has 3 rings (SSSR count). The summed E-state index contributed by atoms with van der Waals surface area (Å²) in [5.74, 6) is -3.81. The summed E-state index contributed by atoms with van der Waals surface area (Å²) in [6.07, 6.45) is 0.694. The van der Waals surface area contributed by atoms with Gasteiger partial charge in [-0.2, -0.15) is 0 Å². The Labute approximate surface area is 224 Å². The quantitative estimate of drug-likeness (QED) is 0.255. The molecule has 0 aliphatic rings. The Morgan fingerprint density at radius 1 is 0.949 bits per heavy atom. The summed E-state index contributed by atoms with van der Waals surface area (Å²) in [6, 6.07) is 19.8. The zero-order chi connectivity index (χ0) is 28.4. The van der Waals surface area contributed by atoms with E-state index in [1.807, 2.05) is 36.4 Å². The largest absolute Gasteiger partial charge is 0.481 e. The molecule has 3 aromatic rings. The van der Waals surface area contributed by atoms with E-state index in [0.717, 1.165) is 27.7 Å². The number of rotatable bonds is 13. The highest BCUT2D eigenvalue weighted by Gasteiger charge is 2.29. The Morgan fingerprint density at radius 3 is 2.13 bits per heavy atom. The van der Waals surface area contributed by atoms with Gasteiger partial charge in [-0.15, -0.1) is 0 Å². The second kappa shape index (κ2) is 13.6. The lowest BCUT2D eigenvalue weighted by atomic mass is 10.1. The Bertz CT molecular complexity index is 1400. The topological polar surface area (TPSA) is 143 Å². The maximum absolute atomic E-state index is 13.6. The molecule has 1 heterocycles. The minimum atomic E-state index is -1.49. The van der Waals surface area contributed by atoms with Gasteiger partial charge in [0, 0.05) is 25.5 Å². The molecule has 2 amide bonds. The van der Waals surface area contributed by atoms with Crippen LogP contribution in [0.2, 0.25) is 0 Å². The number of anilines is 1. The average Bonchev–Trinajstić information content (AvgIpc) is 2.92. The number of nitrogens with one attached hydrogen (secondary N) is 1. The average molecular weight is 532 g/mol. The predicted octanol–water partition coefficient (Wildman–Crippen LogP) is 2.50. The van der Waals surface area contributed by atoms with Gasteiger partial charge in [0.2, 0.25) is 11.7 Å². The van der Waals surface area contributed by atoms with Crippen molar-refractivity contribution in [1.82, 2.24) is 4.68 Å². The molecule has 2 aromatic carbocycles. The van der Waals surface area contributed by atoms with Crippen molar-refractivity contribution in [2.45, 2.75) is 45.1 Å². The third kappa shape index (κ3) is 7.81. The van der Waals surface area contributed by atoms with Crippen molar-refractivity contribution in [3.63, 3.8) is 0 Å². The van der Waals surface area contributed by atoms with Crippen molar-refractivity contribution in [1.29, 1.82) is 0 Å². The summed E-state index contributed by atoms with van der Waals surface area (Å²) in [5, 5.41) is 12.3. The first-order valence-corrected chi connectivity index (χ1v) is 12.4. The lowest BCUT2D eigenvalue weighted by Crippen LogP contribution is -2.54. The Morgan fingerprint density at radius 2 is 1.56 bits per heavy atom. The van der Waals surface area contributed by atoms with Crippen LogP contribution in [0.1, 0.15) is 43.0 Å². The molecule has 0 fully saturated rings. The minimum absolute atomic E-state index is 0.0353. The number of carboxylic acids is 1. The first-order chi connectivity index (χ1) is 18.7. The van der Waals surface area contributed by atoms with E-state index in [9.17, 15) is 33.9 Å². The number of carbonyl (C=O) groups excluding carboxylic acids is 4. The number of carboxylic acid groups (broad SMARTS) is 1. The van der Waals surface area contributed by atoms with Crippen LogP contribution in [0.5, 0.6) is 0 Å². The van der Waals surface area contributed by atoms with E-state index < -0.39 is 41.6 Å². The van der Waals surface area contributed by atoms with E-state index in [1.54, 1.807) is 24.3 Å². The number of ketones is 1. The van der Waals surface area contributed by atoms with Crippen LogP contribution in [0, 0.1) is 0 Å². The van der Waals surface area contributed by atoms with Gasteiger partial charge in [0.1, 0.15) is 18.0 Å². The number of aromatic nitrogens is 1. The van der Waals surface area contributed by atoms with Gasteiger partial charge in [0.15, 0.2) is 0 Å². The molecular weight excluding hydrogens is 502 g/mol. The molecular formula is C29H29N3O7. The van der Waals surface area contributed by atoms with E-state index in [-0.39, 0.29) is 30.5 Å². The molecule has 10 heteroatoms. The second-order valence-electron chi connectivity index (χ2n) is 8.90. The standard InChI is InChI=1S/C29H29N3O7/c1-20(34)31(24(19-33)18-27(36)37)32-23(17-22-11-6-3-7-12-22)15-16-25(29(32)39)30-28(38)26(35)14-8-13-21-9-4-2-5-10-21/h2-7,9-12,15-16,19,24H,8,13-14,17-18H2,1H3,(H,30,38)(H,36,37)/t24-/m0/s1. The van der Waals surface area contributed by atoms with Gasteiger partial charge in [0.05, 0.1) is 6.42 Å². The Hall–Kier alpha value is -4.86. The number of carbonyl (C=O) groups is 5. The number of aliphatic carboxylic acids is 1. The molecule has 0 bridgehead atoms. The Kier molecular flexibility index (Phi) is 10.0. The molecule has 0 saturated heterocycles. The molecule has 0 spiro atoms. The van der Waals surface area contributed by atoms with Crippen LogP contribution >= 0.6 is 0 Å².